The van der Waals surface area contributed by atoms with Crippen molar-refractivity contribution in [2.75, 3.05) is 5.32 Å². The summed E-state index contributed by atoms with van der Waals surface area (Å²) >= 11 is 0. The second kappa shape index (κ2) is 9.78. The Hall–Kier alpha value is -3.79. The van der Waals surface area contributed by atoms with Crippen LogP contribution in [0.25, 0.3) is 5.52 Å². The topological polar surface area (TPSA) is 123 Å². The van der Waals surface area contributed by atoms with Crippen LogP contribution in [-0.4, -0.2) is 36.3 Å². The number of carbonyl (C=O) groups excluding carboxylic acids is 1. The van der Waals surface area contributed by atoms with Crippen molar-refractivity contribution in [1.29, 1.82) is 0 Å². The van der Waals surface area contributed by atoms with E-state index in [1.54, 1.807) is 24.6 Å². The van der Waals surface area contributed by atoms with Crippen LogP contribution in [0.3, 0.4) is 0 Å². The Kier molecular flexibility index (Phi) is 7.07. The molecule has 0 spiro atoms. The highest BCUT2D eigenvalue weighted by atomic mass is 19.1. The molecule has 4 rings (SSSR count). The van der Waals surface area contributed by atoms with Crippen molar-refractivity contribution in [2.45, 2.75) is 46.3 Å². The fourth-order valence-corrected chi connectivity index (χ4v) is 2.92. The van der Waals surface area contributed by atoms with E-state index in [9.17, 15) is 9.18 Å². The van der Waals surface area contributed by atoms with Crippen LogP contribution in [0, 0.1) is 12.7 Å². The van der Waals surface area contributed by atoms with Crippen LogP contribution < -0.4 is 11.1 Å². The monoisotopic (exact) mass is 453 g/mol. The average molecular weight is 454 g/mol. The molecule has 0 aliphatic rings. The average Bonchev–Trinajstić information content (AvgIpc) is 3.42. The number of fused-ring (bicyclic) bond motifs is 1. The van der Waals surface area contributed by atoms with Crippen molar-refractivity contribution in [3.63, 3.8) is 0 Å². The molecule has 0 aliphatic heterocycles. The summed E-state index contributed by atoms with van der Waals surface area (Å²) in [4.78, 5) is 17.2. The summed E-state index contributed by atoms with van der Waals surface area (Å²) in [5.74, 6) is 0.185. The Balaban J connectivity index is 0.00000149. The number of H-pyrrole nitrogens is 1. The molecular formula is C23H28FN7O2. The van der Waals surface area contributed by atoms with Gasteiger partial charge in [-0.15, -0.1) is 5.10 Å². The largest absolute Gasteiger partial charge is 0.448 e. The van der Waals surface area contributed by atoms with E-state index in [2.05, 4.69) is 25.6 Å². The summed E-state index contributed by atoms with van der Waals surface area (Å²) in [5.41, 5.74) is 6.77. The lowest BCUT2D eigenvalue weighted by Gasteiger charge is -2.23. The number of aromatic amines is 1. The number of rotatable bonds is 6. The van der Waals surface area contributed by atoms with E-state index in [-0.39, 0.29) is 5.82 Å². The Labute approximate surface area is 191 Å². The number of hydrogen-bond donors (Lipinski definition) is 3. The standard InChI is InChI=1S/C21H22FN7O2.C2H6/c1-12-11-16(27-26-12)24-18-15-5-4-10-29(15)28-19(25-18)17(31-20(30)21(2,3)23)13-6-8-14(22)9-7-13;1-2/h4-11,17H,23H2,1-3H3,(H2,24,25,26,27,28);1-2H3. The first kappa shape index (κ1) is 23.9. The summed E-state index contributed by atoms with van der Waals surface area (Å²) in [6.45, 7) is 8.97. The third-order valence-electron chi connectivity index (χ3n) is 4.52. The number of nitrogens with one attached hydrogen (secondary N) is 2. The second-order valence-corrected chi connectivity index (χ2v) is 7.78. The molecule has 3 heterocycles. The molecule has 1 unspecified atom stereocenters. The van der Waals surface area contributed by atoms with E-state index in [1.165, 1.54) is 24.3 Å². The van der Waals surface area contributed by atoms with Crippen molar-refractivity contribution < 1.29 is 13.9 Å². The van der Waals surface area contributed by atoms with Gasteiger partial charge in [-0.25, -0.2) is 13.9 Å². The van der Waals surface area contributed by atoms with Crippen molar-refractivity contribution in [3.05, 3.63) is 71.6 Å². The van der Waals surface area contributed by atoms with Gasteiger partial charge in [-0.05, 0) is 45.0 Å². The van der Waals surface area contributed by atoms with Crippen LogP contribution in [0.4, 0.5) is 16.0 Å². The molecule has 4 aromatic rings. The minimum atomic E-state index is -1.23. The van der Waals surface area contributed by atoms with E-state index in [0.717, 1.165) is 5.69 Å². The maximum Gasteiger partial charge on any atom is 0.326 e. The SMILES string of the molecule is CC.Cc1cc(Nc2nc(C(OC(=O)C(C)(C)N)c3ccc(F)cc3)nn3cccc23)n[nH]1. The normalized spacial score (nSPS) is 12.1. The first-order valence-electron chi connectivity index (χ1n) is 10.6. The fraction of sp³-hybridized carbons (Fsp3) is 0.304. The molecule has 174 valence electrons. The zero-order valence-corrected chi connectivity index (χ0v) is 19.3. The Morgan fingerprint density at radius 2 is 1.94 bits per heavy atom. The minimum Gasteiger partial charge on any atom is -0.448 e. The minimum absolute atomic E-state index is 0.197. The quantitative estimate of drug-likeness (QED) is 0.377. The Morgan fingerprint density at radius 3 is 2.55 bits per heavy atom. The van der Waals surface area contributed by atoms with Gasteiger partial charge in [-0.3, -0.25) is 9.89 Å². The summed E-state index contributed by atoms with van der Waals surface area (Å²) in [6.07, 6.45) is 0.752. The molecule has 0 saturated heterocycles. The smallest absolute Gasteiger partial charge is 0.326 e. The molecule has 1 aromatic carbocycles. The lowest BCUT2D eigenvalue weighted by Crippen LogP contribution is -2.43. The molecule has 0 bridgehead atoms. The maximum absolute atomic E-state index is 13.5. The van der Waals surface area contributed by atoms with Gasteiger partial charge in [-0.2, -0.15) is 5.10 Å². The highest BCUT2D eigenvalue weighted by Gasteiger charge is 2.31. The van der Waals surface area contributed by atoms with Crippen molar-refractivity contribution in [2.24, 2.45) is 5.73 Å². The fourth-order valence-electron chi connectivity index (χ4n) is 2.92. The lowest BCUT2D eigenvalue weighted by molar-refractivity contribution is -0.153. The number of anilines is 2. The number of aryl methyl sites for hydroxylation is 1. The summed E-state index contributed by atoms with van der Waals surface area (Å²) in [7, 11) is 0. The van der Waals surface area contributed by atoms with E-state index in [0.29, 0.717) is 22.7 Å². The zero-order chi connectivity index (χ0) is 24.2. The van der Waals surface area contributed by atoms with Crippen molar-refractivity contribution in [1.82, 2.24) is 24.8 Å². The van der Waals surface area contributed by atoms with Crippen LogP contribution in [0.2, 0.25) is 0 Å². The number of benzene rings is 1. The summed E-state index contributed by atoms with van der Waals surface area (Å²) in [5, 5.41) is 14.7. The van der Waals surface area contributed by atoms with Gasteiger partial charge in [0.25, 0.3) is 0 Å². The van der Waals surface area contributed by atoms with E-state index in [1.807, 2.05) is 39.0 Å². The number of nitrogens with zero attached hydrogens (tertiary/aromatic N) is 4. The zero-order valence-electron chi connectivity index (χ0n) is 19.3. The van der Waals surface area contributed by atoms with Gasteiger partial charge in [0.1, 0.15) is 16.9 Å². The number of hydrogen-bond acceptors (Lipinski definition) is 7. The number of halogens is 1. The highest BCUT2D eigenvalue weighted by molar-refractivity contribution is 5.80. The van der Waals surface area contributed by atoms with Gasteiger partial charge in [0.2, 0.25) is 0 Å². The predicted molar refractivity (Wildman–Crippen MR) is 124 cm³/mol. The molecular weight excluding hydrogens is 425 g/mol. The third-order valence-corrected chi connectivity index (χ3v) is 4.52. The molecule has 0 saturated carbocycles. The number of aromatic nitrogens is 5. The van der Waals surface area contributed by atoms with Gasteiger partial charge in [-0.1, -0.05) is 26.0 Å². The first-order valence-corrected chi connectivity index (χ1v) is 10.6. The van der Waals surface area contributed by atoms with Gasteiger partial charge in [0.05, 0.1) is 0 Å². The molecule has 4 N–H and O–H groups in total. The van der Waals surface area contributed by atoms with E-state index < -0.39 is 23.4 Å². The first-order chi connectivity index (χ1) is 15.7. The van der Waals surface area contributed by atoms with Crippen LogP contribution in [0.1, 0.15) is 50.9 Å². The lowest BCUT2D eigenvalue weighted by atomic mass is 10.1. The van der Waals surface area contributed by atoms with Gasteiger partial charge in [0, 0.05) is 23.5 Å². The Morgan fingerprint density at radius 1 is 1.24 bits per heavy atom. The molecule has 1 atom stereocenters. The number of esters is 1. The van der Waals surface area contributed by atoms with Gasteiger partial charge >= 0.3 is 5.97 Å². The van der Waals surface area contributed by atoms with Crippen LogP contribution in [-0.2, 0) is 9.53 Å². The van der Waals surface area contributed by atoms with Crippen LogP contribution >= 0.6 is 0 Å². The number of nitrogens with two attached hydrogens (primary N) is 1. The highest BCUT2D eigenvalue weighted by Crippen LogP contribution is 2.28. The summed E-state index contributed by atoms with van der Waals surface area (Å²) < 4.78 is 20.8. The third kappa shape index (κ3) is 5.53. The molecule has 0 fully saturated rings. The van der Waals surface area contributed by atoms with E-state index >= 15 is 0 Å². The molecule has 33 heavy (non-hydrogen) atoms. The number of ether oxygens (including phenoxy) is 1. The van der Waals surface area contributed by atoms with Crippen LogP contribution in [0.15, 0.2) is 48.7 Å². The van der Waals surface area contributed by atoms with Gasteiger partial charge in [0.15, 0.2) is 23.6 Å². The predicted octanol–water partition coefficient (Wildman–Crippen LogP) is 4.04. The van der Waals surface area contributed by atoms with Gasteiger partial charge < -0.3 is 15.8 Å². The molecule has 0 radical (unpaired) electrons. The molecule has 9 nitrogen and oxygen atoms in total. The van der Waals surface area contributed by atoms with Crippen molar-refractivity contribution >= 4 is 23.1 Å². The number of carbonyl (C=O) groups is 1. The molecule has 10 heteroatoms. The van der Waals surface area contributed by atoms with E-state index in [4.69, 9.17) is 10.5 Å². The Bertz CT molecular complexity index is 1230. The second-order valence-electron chi connectivity index (χ2n) is 7.78. The molecule has 3 aromatic heterocycles. The van der Waals surface area contributed by atoms with Crippen molar-refractivity contribution in [3.8, 4) is 0 Å². The molecule has 0 amide bonds. The van der Waals surface area contributed by atoms with Crippen LogP contribution in [0.5, 0.6) is 0 Å². The molecule has 0 aliphatic carbocycles. The summed E-state index contributed by atoms with van der Waals surface area (Å²) in [6, 6.07) is 11.1. The maximum atomic E-state index is 13.5.